The van der Waals surface area contributed by atoms with Gasteiger partial charge in [0.05, 0.1) is 59.7 Å². The average molecular weight is 948 g/mol. The van der Waals surface area contributed by atoms with E-state index in [9.17, 15) is 46.0 Å². The maximum Gasteiger partial charge on any atom is 0.182 e. The molecule has 21 atom stereocenters. The van der Waals surface area contributed by atoms with Crippen molar-refractivity contribution < 1.29 is 55.5 Å². The Hall–Kier alpha value is -2.47. The number of allylic oxidation sites excluding steroid dienone is 5. The molecule has 378 valence electrons. The van der Waals surface area contributed by atoms with Crippen LogP contribution in [-0.4, -0.2) is 130 Å². The third kappa shape index (κ3) is 6.56. The molecule has 68 heavy (non-hydrogen) atoms. The molecule has 7 aliphatic carbocycles. The minimum Gasteiger partial charge on any atom is -0.396 e. The van der Waals surface area contributed by atoms with E-state index in [1.54, 1.807) is 13.8 Å². The summed E-state index contributed by atoms with van der Waals surface area (Å²) in [4.78, 5) is 15.6. The fourth-order valence-corrected chi connectivity index (χ4v) is 17.9. The molecule has 3 heterocycles. The van der Waals surface area contributed by atoms with Crippen molar-refractivity contribution in [3.8, 4) is 0 Å². The lowest BCUT2D eigenvalue weighted by Gasteiger charge is -2.70. The number of carbonyl (C=O) groups is 1. The van der Waals surface area contributed by atoms with Crippen molar-refractivity contribution in [1.82, 2.24) is 10.6 Å². The van der Waals surface area contributed by atoms with Crippen LogP contribution in [0.4, 0.5) is 0 Å². The van der Waals surface area contributed by atoms with E-state index in [1.165, 1.54) is 0 Å². The van der Waals surface area contributed by atoms with E-state index in [2.05, 4.69) is 23.6 Å². The molecule has 21 unspecified atom stereocenters. The summed E-state index contributed by atoms with van der Waals surface area (Å²) in [7, 11) is 0. The highest BCUT2D eigenvalue weighted by Crippen LogP contribution is 2.77. The molecule has 0 amide bonds. The highest BCUT2D eigenvalue weighted by Gasteiger charge is 2.81. The molecule has 0 aromatic carbocycles. The lowest BCUT2D eigenvalue weighted by molar-refractivity contribution is -0.286. The molecule has 0 aromatic heterocycles. The minimum atomic E-state index is -1.96. The number of nitrogens with one attached hydrogen (secondary N) is 2. The Morgan fingerprint density at radius 1 is 0.985 bits per heavy atom. The Balaban J connectivity index is 1.12. The summed E-state index contributed by atoms with van der Waals surface area (Å²) in [5.41, 5.74) is -2.77. The Kier molecular flexibility index (Phi) is 12.3. The van der Waals surface area contributed by atoms with Crippen LogP contribution in [0.25, 0.3) is 0 Å². The van der Waals surface area contributed by atoms with Crippen molar-refractivity contribution in [3.05, 3.63) is 59.0 Å². The number of ketones is 1. The smallest absolute Gasteiger partial charge is 0.182 e. The summed E-state index contributed by atoms with van der Waals surface area (Å²) in [6, 6.07) is 0. The monoisotopic (exact) mass is 948 g/mol. The molecular formula is C54H81N3O11. The number of Topliss-reactive ketones (excluding diaryl/α,β-unsaturated/α-hetero) is 1. The van der Waals surface area contributed by atoms with Crippen molar-refractivity contribution in [2.24, 2.45) is 63.4 Å². The summed E-state index contributed by atoms with van der Waals surface area (Å²) in [6.07, 6.45) is 13.4. The quantitative estimate of drug-likeness (QED) is 0.133. The number of nitrogens with two attached hydrogens (primary N) is 1. The second-order valence-electron chi connectivity index (χ2n) is 24.1. The number of hydrogen-bond acceptors (Lipinski definition) is 14. The van der Waals surface area contributed by atoms with Crippen LogP contribution in [0.5, 0.6) is 0 Å². The lowest BCUT2D eigenvalue weighted by Crippen LogP contribution is -2.75. The zero-order valence-electron chi connectivity index (χ0n) is 40.7. The number of hydrogen-bond donors (Lipinski definition) is 12. The summed E-state index contributed by atoms with van der Waals surface area (Å²) < 4.78 is 7.26. The van der Waals surface area contributed by atoms with Crippen LogP contribution in [0.15, 0.2) is 59.0 Å². The molecule has 6 fully saturated rings. The van der Waals surface area contributed by atoms with Gasteiger partial charge in [-0.15, -0.1) is 0 Å². The molecule has 10 aliphatic rings. The highest BCUT2D eigenvalue weighted by molar-refractivity contribution is 6.00. The van der Waals surface area contributed by atoms with Crippen molar-refractivity contribution >= 4 is 5.78 Å². The van der Waals surface area contributed by atoms with Gasteiger partial charge in [0.25, 0.3) is 0 Å². The fourth-order valence-electron chi connectivity index (χ4n) is 17.9. The SMILES string of the molecule is CCCC1CCC2C3OC4(C=CC3C1)C2C(O)CCCC4(O)C(C)(O)C1CCC2(O)C3=C(NCC(C)O)C(=O)C4CC(O)C(O)CC45CC(C4=C(CCCO)NC(N)C=C4)C=CC35C(O)CC12C. The first-order chi connectivity index (χ1) is 32.2. The second-order valence-corrected chi connectivity index (χ2v) is 24.1. The van der Waals surface area contributed by atoms with Gasteiger partial charge in [0.15, 0.2) is 5.78 Å². The molecule has 10 rings (SSSR count). The Morgan fingerprint density at radius 3 is 2.50 bits per heavy atom. The topological polar surface area (TPSA) is 258 Å². The van der Waals surface area contributed by atoms with E-state index < -0.39 is 93.1 Å². The van der Waals surface area contributed by atoms with E-state index >= 15 is 4.79 Å². The van der Waals surface area contributed by atoms with E-state index in [0.29, 0.717) is 31.6 Å². The maximum absolute atomic E-state index is 15.6. The van der Waals surface area contributed by atoms with Crippen molar-refractivity contribution in [1.29, 1.82) is 0 Å². The van der Waals surface area contributed by atoms with Gasteiger partial charge in [-0.05, 0) is 132 Å². The molecular weight excluding hydrogens is 867 g/mol. The number of fused-ring (bicyclic) bond motifs is 3. The summed E-state index contributed by atoms with van der Waals surface area (Å²) in [6.45, 7) is 7.28. The van der Waals surface area contributed by atoms with Crippen molar-refractivity contribution in [3.63, 3.8) is 0 Å². The molecule has 0 radical (unpaired) electrons. The largest absolute Gasteiger partial charge is 0.396 e. The predicted molar refractivity (Wildman–Crippen MR) is 253 cm³/mol. The molecule has 13 N–H and O–H groups in total. The molecule has 0 aromatic rings. The maximum atomic E-state index is 15.6. The Bertz CT molecular complexity index is 2160. The standard InChI is InChI=1S/C54H81N3O11/c1-5-8-30-11-12-34-43-37(60)10-6-18-54(67,53(43)21-16-31(23-30)46(34)68-53)49(4,65)40-17-20-52(66)47-44(56-28-29(2)59)45(64)35-24-38(61)39(62)26-50(35)25-32(15-19-51(47,50)41(63)27-48(40,52)3)33-13-14-42(55)57-36(33)9-7-22-58/h13-16,19,21,29-32,34-35,37-43,46,56-63,65-67H,5-12,17-18,20,22-28,55H2,1-4H3. The molecule has 14 nitrogen and oxygen atoms in total. The number of carbonyl (C=O) groups excluding carboxylic acids is 1. The molecule has 14 heteroatoms. The van der Waals surface area contributed by atoms with Gasteiger partial charge in [0.2, 0.25) is 0 Å². The molecule has 2 bridgehead atoms. The zero-order chi connectivity index (χ0) is 48.6. The minimum absolute atomic E-state index is 0.0192. The zero-order valence-corrected chi connectivity index (χ0v) is 40.7. The number of rotatable bonds is 11. The third-order valence-corrected chi connectivity index (χ3v) is 20.7. The van der Waals surface area contributed by atoms with Crippen LogP contribution in [0.2, 0.25) is 0 Å². The van der Waals surface area contributed by atoms with Crippen LogP contribution >= 0.6 is 0 Å². The van der Waals surface area contributed by atoms with Crippen molar-refractivity contribution in [2.75, 3.05) is 13.2 Å². The van der Waals surface area contributed by atoms with Gasteiger partial charge in [0.1, 0.15) is 11.2 Å². The lowest BCUT2D eigenvalue weighted by atomic mass is 9.35. The Morgan fingerprint density at radius 2 is 1.76 bits per heavy atom. The normalized spacial score (nSPS) is 50.5. The van der Waals surface area contributed by atoms with Gasteiger partial charge < -0.3 is 67.1 Å². The van der Waals surface area contributed by atoms with Gasteiger partial charge >= 0.3 is 0 Å². The van der Waals surface area contributed by atoms with Gasteiger partial charge in [-0.2, -0.15) is 0 Å². The fraction of sp³-hybridized carbons (Fsp3) is 0.796. The van der Waals surface area contributed by atoms with E-state index in [-0.39, 0.29) is 99.0 Å². The summed E-state index contributed by atoms with van der Waals surface area (Å²) >= 11 is 0. The first kappa shape index (κ1) is 49.1. The van der Waals surface area contributed by atoms with E-state index in [4.69, 9.17) is 10.5 Å². The van der Waals surface area contributed by atoms with Crippen LogP contribution in [-0.2, 0) is 9.53 Å². The first-order valence-corrected chi connectivity index (χ1v) is 26.4. The summed E-state index contributed by atoms with van der Waals surface area (Å²) in [5, 5.41) is 118. The predicted octanol–water partition coefficient (Wildman–Crippen LogP) is 3.04. The Labute approximate surface area is 401 Å². The first-order valence-electron chi connectivity index (χ1n) is 26.4. The van der Waals surface area contributed by atoms with Crippen LogP contribution < -0.4 is 16.4 Å². The highest BCUT2D eigenvalue weighted by atomic mass is 16.5. The van der Waals surface area contributed by atoms with E-state index in [0.717, 1.165) is 43.4 Å². The van der Waals surface area contributed by atoms with Gasteiger partial charge in [0, 0.05) is 58.9 Å². The number of aliphatic hydroxyl groups is 9. The molecule has 1 saturated heterocycles. The van der Waals surface area contributed by atoms with Gasteiger partial charge in [-0.25, -0.2) is 0 Å². The average Bonchev–Trinajstić information content (AvgIpc) is 3.60. The van der Waals surface area contributed by atoms with Crippen LogP contribution in [0, 0.1) is 57.7 Å². The molecule has 3 aliphatic heterocycles. The van der Waals surface area contributed by atoms with Crippen LogP contribution in [0.1, 0.15) is 130 Å². The molecule has 5 saturated carbocycles. The van der Waals surface area contributed by atoms with Gasteiger partial charge in [-0.3, -0.25) is 4.79 Å². The number of aliphatic hydroxyl groups excluding tert-OH is 6. The van der Waals surface area contributed by atoms with Crippen LogP contribution in [0.3, 0.4) is 0 Å². The third-order valence-electron chi connectivity index (χ3n) is 20.7. The summed E-state index contributed by atoms with van der Waals surface area (Å²) in [5.74, 6) is -2.27. The molecule has 3 spiro atoms. The van der Waals surface area contributed by atoms with Crippen molar-refractivity contribution in [2.45, 2.75) is 196 Å². The van der Waals surface area contributed by atoms with E-state index in [1.807, 2.05) is 37.3 Å². The van der Waals surface area contributed by atoms with Gasteiger partial charge in [-0.1, -0.05) is 63.5 Å². The number of ether oxygens (including phenoxy) is 1. The second kappa shape index (κ2) is 17.1. The number of dihydropyridines is 1.